The molecule has 9 heteroatoms. The maximum atomic E-state index is 14.4. The zero-order valence-corrected chi connectivity index (χ0v) is 28.3. The molecular weight excluding hydrogens is 576 g/mol. The lowest BCUT2D eigenvalue weighted by atomic mass is 9.33. The number of aliphatic hydroxyl groups is 6. The summed E-state index contributed by atoms with van der Waals surface area (Å²) in [6.45, 7) is 15.5. The minimum Gasteiger partial charge on any atom is -0.432 e. The summed E-state index contributed by atoms with van der Waals surface area (Å²) < 4.78 is 11.4. The number of allylic oxidation sites excluding steroid dienone is 2. The van der Waals surface area contributed by atoms with E-state index in [1.54, 1.807) is 0 Å². The highest BCUT2D eigenvalue weighted by atomic mass is 16.7. The van der Waals surface area contributed by atoms with Crippen LogP contribution in [0.1, 0.15) is 106 Å². The van der Waals surface area contributed by atoms with Gasteiger partial charge in [0.2, 0.25) is 6.29 Å². The van der Waals surface area contributed by atoms with E-state index >= 15 is 0 Å². The summed E-state index contributed by atoms with van der Waals surface area (Å²) in [6, 6.07) is 0. The fourth-order valence-corrected chi connectivity index (χ4v) is 12.1. The van der Waals surface area contributed by atoms with Crippen molar-refractivity contribution in [1.29, 1.82) is 0 Å². The second kappa shape index (κ2) is 10.7. The van der Waals surface area contributed by atoms with Crippen LogP contribution >= 0.6 is 0 Å². The van der Waals surface area contributed by atoms with Crippen LogP contribution in [0.5, 0.6) is 0 Å². The van der Waals surface area contributed by atoms with Crippen molar-refractivity contribution in [2.24, 2.45) is 50.2 Å². The molecule has 0 spiro atoms. The number of ether oxygens (including phenoxy) is 2. The predicted octanol–water partition coefficient (Wildman–Crippen LogP) is 3.46. The van der Waals surface area contributed by atoms with Gasteiger partial charge in [-0.1, -0.05) is 60.1 Å². The molecule has 5 fully saturated rings. The Morgan fingerprint density at radius 3 is 2.20 bits per heavy atom. The number of hydrogen-bond donors (Lipinski definition) is 6. The molecular formula is C36H58O9. The summed E-state index contributed by atoms with van der Waals surface area (Å²) >= 11 is 0. The van der Waals surface area contributed by atoms with Crippen molar-refractivity contribution >= 4 is 5.97 Å². The Kier molecular flexibility index (Phi) is 8.05. The molecule has 45 heavy (non-hydrogen) atoms. The Morgan fingerprint density at radius 2 is 1.53 bits per heavy atom. The molecule has 1 aliphatic heterocycles. The van der Waals surface area contributed by atoms with Crippen molar-refractivity contribution in [3.05, 3.63) is 11.6 Å². The SMILES string of the molecule is CC1(C)CC[C@]2(C(=O)O[C@H]3OC(CO)[C@@H](O)C(O)C3O)C(O)C[C@]3(C)C(=CC[C@@H]4[C@@]5(C)CC[C@H](O)C(C)(C)[C@@H]5CC[C@]43C)[C@@H]2C1. The molecule has 0 aromatic heterocycles. The molecule has 9 nitrogen and oxygen atoms in total. The summed E-state index contributed by atoms with van der Waals surface area (Å²) in [5.74, 6) is -0.157. The molecule has 6 aliphatic rings. The molecule has 0 aromatic rings. The summed E-state index contributed by atoms with van der Waals surface area (Å²) in [4.78, 5) is 14.4. The van der Waals surface area contributed by atoms with E-state index in [1.165, 1.54) is 5.57 Å². The number of hydrogen-bond acceptors (Lipinski definition) is 9. The van der Waals surface area contributed by atoms with Gasteiger partial charge in [0.25, 0.3) is 0 Å². The van der Waals surface area contributed by atoms with Crippen LogP contribution in [0.15, 0.2) is 11.6 Å². The number of rotatable bonds is 3. The standard InChI is InChI=1S/C36H58O9/c1-31(2)14-15-36(30(43)45-29-28(42)27(41)26(40)21(18-37)44-29)20(16-31)19-8-9-23-33(5)12-11-24(38)32(3,4)22(33)10-13-34(23,6)35(19,7)17-25(36)39/h8,20-29,37-42H,9-18H2,1-7H3/t20-,21?,22-,23+,24-,25?,26+,27?,28?,29+,33-,34+,35+,36+/m0/s1. The minimum atomic E-state index is -1.70. The molecule has 14 atom stereocenters. The third-order valence-corrected chi connectivity index (χ3v) is 15.1. The van der Waals surface area contributed by atoms with Gasteiger partial charge in [-0.05, 0) is 103 Å². The van der Waals surface area contributed by atoms with Crippen molar-refractivity contribution in [2.75, 3.05) is 6.61 Å². The van der Waals surface area contributed by atoms with E-state index in [2.05, 4.69) is 54.5 Å². The lowest BCUT2D eigenvalue weighted by Crippen LogP contribution is -2.68. The van der Waals surface area contributed by atoms with Crippen LogP contribution in [0, 0.1) is 50.2 Å². The van der Waals surface area contributed by atoms with Gasteiger partial charge in [0.05, 0.1) is 18.8 Å². The van der Waals surface area contributed by atoms with E-state index in [0.717, 1.165) is 32.1 Å². The van der Waals surface area contributed by atoms with E-state index in [-0.39, 0.29) is 39.1 Å². The van der Waals surface area contributed by atoms with Crippen LogP contribution < -0.4 is 0 Å². The normalized spacial score (nSPS) is 53.6. The van der Waals surface area contributed by atoms with Crippen molar-refractivity contribution in [3.63, 3.8) is 0 Å². The second-order valence-electron chi connectivity index (χ2n) is 18.0. The van der Waals surface area contributed by atoms with Crippen molar-refractivity contribution in [3.8, 4) is 0 Å². The molecule has 0 bridgehead atoms. The zero-order chi connectivity index (χ0) is 33.1. The monoisotopic (exact) mass is 634 g/mol. The molecule has 1 heterocycles. The second-order valence-corrected chi connectivity index (χ2v) is 18.0. The van der Waals surface area contributed by atoms with Crippen molar-refractivity contribution in [1.82, 2.24) is 0 Å². The van der Waals surface area contributed by atoms with Gasteiger partial charge in [-0.15, -0.1) is 0 Å². The molecule has 256 valence electrons. The predicted molar refractivity (Wildman–Crippen MR) is 166 cm³/mol. The number of carbonyl (C=O) groups is 1. The highest BCUT2D eigenvalue weighted by Crippen LogP contribution is 2.75. The average Bonchev–Trinajstić information content (AvgIpc) is 2.95. The molecule has 6 rings (SSSR count). The number of fused-ring (bicyclic) bond motifs is 7. The van der Waals surface area contributed by atoms with Gasteiger partial charge in [0.15, 0.2) is 0 Å². The topological polar surface area (TPSA) is 157 Å². The highest BCUT2D eigenvalue weighted by molar-refractivity contribution is 5.80. The molecule has 0 aromatic carbocycles. The van der Waals surface area contributed by atoms with E-state index in [1.807, 2.05) is 0 Å². The molecule has 1 saturated heterocycles. The van der Waals surface area contributed by atoms with Crippen molar-refractivity contribution in [2.45, 2.75) is 149 Å². The fourth-order valence-electron chi connectivity index (χ4n) is 12.1. The zero-order valence-electron chi connectivity index (χ0n) is 28.3. The van der Waals surface area contributed by atoms with Gasteiger partial charge < -0.3 is 40.1 Å². The Labute approximate surface area is 268 Å². The summed E-state index contributed by atoms with van der Waals surface area (Å²) in [6.07, 6.45) is 0.341. The summed E-state index contributed by atoms with van der Waals surface area (Å²) in [7, 11) is 0. The Morgan fingerprint density at radius 1 is 0.844 bits per heavy atom. The fraction of sp³-hybridized carbons (Fsp3) is 0.917. The Hall–Kier alpha value is -1.07. The summed E-state index contributed by atoms with van der Waals surface area (Å²) in [5.41, 5.74) is -0.661. The number of carbonyl (C=O) groups excluding carboxylic acids is 1. The maximum absolute atomic E-state index is 14.4. The van der Waals surface area contributed by atoms with Gasteiger partial charge in [-0.3, -0.25) is 4.79 Å². The van der Waals surface area contributed by atoms with Crippen LogP contribution in [0.2, 0.25) is 0 Å². The van der Waals surface area contributed by atoms with E-state index in [0.29, 0.717) is 37.5 Å². The third-order valence-electron chi connectivity index (χ3n) is 15.1. The first-order valence-electron chi connectivity index (χ1n) is 17.4. The maximum Gasteiger partial charge on any atom is 0.317 e. The minimum absolute atomic E-state index is 0.0497. The number of aliphatic hydroxyl groups excluding tert-OH is 6. The van der Waals surface area contributed by atoms with Gasteiger partial charge in [-0.25, -0.2) is 0 Å². The third kappa shape index (κ3) is 4.54. The first-order valence-corrected chi connectivity index (χ1v) is 17.4. The van der Waals surface area contributed by atoms with Gasteiger partial charge in [0, 0.05) is 0 Å². The van der Waals surface area contributed by atoms with E-state index in [9.17, 15) is 35.4 Å². The van der Waals surface area contributed by atoms with Crippen LogP contribution in [-0.4, -0.2) is 86.1 Å². The Balaban J connectivity index is 1.38. The van der Waals surface area contributed by atoms with Gasteiger partial charge in [0.1, 0.15) is 29.8 Å². The smallest absolute Gasteiger partial charge is 0.317 e. The summed E-state index contributed by atoms with van der Waals surface area (Å²) in [5, 5.41) is 64.3. The van der Waals surface area contributed by atoms with Gasteiger partial charge in [-0.2, -0.15) is 0 Å². The van der Waals surface area contributed by atoms with E-state index in [4.69, 9.17) is 9.47 Å². The highest BCUT2D eigenvalue weighted by Gasteiger charge is 2.71. The molecule has 4 saturated carbocycles. The van der Waals surface area contributed by atoms with Crippen molar-refractivity contribution < 1.29 is 44.9 Å². The van der Waals surface area contributed by atoms with Gasteiger partial charge >= 0.3 is 5.97 Å². The molecule has 6 N–H and O–H groups in total. The van der Waals surface area contributed by atoms with Crippen LogP contribution in [0.3, 0.4) is 0 Å². The first-order chi connectivity index (χ1) is 20.8. The lowest BCUT2D eigenvalue weighted by Gasteiger charge is -2.71. The number of esters is 1. The molecule has 0 amide bonds. The lowest BCUT2D eigenvalue weighted by molar-refractivity contribution is -0.299. The average molecular weight is 635 g/mol. The quantitative estimate of drug-likeness (QED) is 0.202. The Bertz CT molecular complexity index is 1210. The van der Waals surface area contributed by atoms with Crippen LogP contribution in [0.25, 0.3) is 0 Å². The van der Waals surface area contributed by atoms with Crippen LogP contribution in [0.4, 0.5) is 0 Å². The molecule has 5 aliphatic carbocycles. The van der Waals surface area contributed by atoms with E-state index < -0.39 is 54.8 Å². The largest absolute Gasteiger partial charge is 0.432 e. The molecule has 0 radical (unpaired) electrons. The van der Waals surface area contributed by atoms with Crippen LogP contribution in [-0.2, 0) is 14.3 Å². The molecule has 4 unspecified atom stereocenters. The first kappa shape index (κ1) is 33.8.